The van der Waals surface area contributed by atoms with Crippen molar-refractivity contribution in [1.29, 1.82) is 0 Å². The van der Waals surface area contributed by atoms with E-state index in [9.17, 15) is 4.79 Å². The van der Waals surface area contributed by atoms with Gasteiger partial charge in [-0.25, -0.2) is 0 Å². The van der Waals surface area contributed by atoms with Gasteiger partial charge in [0.15, 0.2) is 5.78 Å². The number of carbonyl (C=O) groups is 1. The molecule has 0 atom stereocenters. The fourth-order valence-corrected chi connectivity index (χ4v) is 1.92. The van der Waals surface area contributed by atoms with Crippen molar-refractivity contribution in [3.05, 3.63) is 40.5 Å². The second-order valence-corrected chi connectivity index (χ2v) is 3.97. The van der Waals surface area contributed by atoms with Crippen molar-refractivity contribution in [3.8, 4) is 0 Å². The van der Waals surface area contributed by atoms with E-state index >= 15 is 0 Å². The molecule has 0 bridgehead atoms. The molecule has 0 amide bonds. The quantitative estimate of drug-likeness (QED) is 0.688. The van der Waals surface area contributed by atoms with Gasteiger partial charge in [-0.3, -0.25) is 9.78 Å². The molecule has 0 saturated heterocycles. The van der Waals surface area contributed by atoms with E-state index in [0.717, 1.165) is 16.5 Å². The van der Waals surface area contributed by atoms with Crippen LogP contribution < -0.4 is 0 Å². The van der Waals surface area contributed by atoms with Crippen molar-refractivity contribution < 1.29 is 4.79 Å². The van der Waals surface area contributed by atoms with Gasteiger partial charge in [-0.2, -0.15) is 0 Å². The minimum atomic E-state index is -0.0296. The SMILES string of the molecule is CC(=O)c1c(Cl)cnc2ccc(C)cc12. The molecule has 0 unspecified atom stereocenters. The summed E-state index contributed by atoms with van der Waals surface area (Å²) in [5.74, 6) is -0.0296. The molecule has 0 fully saturated rings. The molecule has 15 heavy (non-hydrogen) atoms. The van der Waals surface area contributed by atoms with Crippen LogP contribution in [0, 0.1) is 6.92 Å². The second kappa shape index (κ2) is 3.63. The topological polar surface area (TPSA) is 30.0 Å². The van der Waals surface area contributed by atoms with Crippen LogP contribution in [0.15, 0.2) is 24.4 Å². The molecule has 0 spiro atoms. The Bertz CT molecular complexity index is 543. The summed E-state index contributed by atoms with van der Waals surface area (Å²) < 4.78 is 0. The first-order valence-corrected chi connectivity index (χ1v) is 5.03. The Hall–Kier alpha value is -1.41. The summed E-state index contributed by atoms with van der Waals surface area (Å²) in [7, 11) is 0. The van der Waals surface area contributed by atoms with Crippen molar-refractivity contribution in [2.45, 2.75) is 13.8 Å². The monoisotopic (exact) mass is 219 g/mol. The minimum Gasteiger partial charge on any atom is -0.294 e. The van der Waals surface area contributed by atoms with Gasteiger partial charge in [0.1, 0.15) is 0 Å². The minimum absolute atomic E-state index is 0.0296. The van der Waals surface area contributed by atoms with Crippen molar-refractivity contribution >= 4 is 28.3 Å². The van der Waals surface area contributed by atoms with Gasteiger partial charge < -0.3 is 0 Å². The zero-order valence-electron chi connectivity index (χ0n) is 8.54. The number of Topliss-reactive ketones (excluding diaryl/α,β-unsaturated/α-hetero) is 1. The molecular weight excluding hydrogens is 210 g/mol. The normalized spacial score (nSPS) is 10.6. The Labute approximate surface area is 92.9 Å². The molecule has 0 aliphatic heterocycles. The lowest BCUT2D eigenvalue weighted by atomic mass is 10.0. The number of fused-ring (bicyclic) bond motifs is 1. The largest absolute Gasteiger partial charge is 0.294 e. The summed E-state index contributed by atoms with van der Waals surface area (Å²) in [6, 6.07) is 5.80. The average molecular weight is 220 g/mol. The van der Waals surface area contributed by atoms with Gasteiger partial charge >= 0.3 is 0 Å². The molecule has 1 aromatic carbocycles. The third-order valence-electron chi connectivity index (χ3n) is 2.33. The number of halogens is 1. The average Bonchev–Trinajstić information content (AvgIpc) is 2.16. The molecule has 3 heteroatoms. The van der Waals surface area contributed by atoms with Gasteiger partial charge in [-0.15, -0.1) is 0 Å². The number of carbonyl (C=O) groups excluding carboxylic acids is 1. The molecule has 2 rings (SSSR count). The van der Waals surface area contributed by atoms with Gasteiger partial charge in [0.25, 0.3) is 0 Å². The van der Waals surface area contributed by atoms with Crippen LogP contribution in [-0.4, -0.2) is 10.8 Å². The molecule has 0 aliphatic carbocycles. The fourth-order valence-electron chi connectivity index (χ4n) is 1.64. The standard InChI is InChI=1S/C12H10ClNO/c1-7-3-4-11-9(5-7)12(8(2)15)10(13)6-14-11/h3-6H,1-2H3. The smallest absolute Gasteiger partial charge is 0.162 e. The molecule has 0 saturated carbocycles. The Balaban J connectivity index is 2.90. The Morgan fingerprint density at radius 2 is 2.13 bits per heavy atom. The highest BCUT2D eigenvalue weighted by Gasteiger charge is 2.11. The van der Waals surface area contributed by atoms with Crippen molar-refractivity contribution in [2.24, 2.45) is 0 Å². The summed E-state index contributed by atoms with van der Waals surface area (Å²) in [6.45, 7) is 3.49. The molecule has 2 aromatic rings. The van der Waals surface area contributed by atoms with Crippen molar-refractivity contribution in [1.82, 2.24) is 4.98 Å². The molecule has 0 radical (unpaired) electrons. The Morgan fingerprint density at radius 3 is 2.80 bits per heavy atom. The predicted octanol–water partition coefficient (Wildman–Crippen LogP) is 3.40. The van der Waals surface area contributed by atoms with Crippen LogP contribution in [0.4, 0.5) is 0 Å². The first kappa shape index (κ1) is 10.1. The van der Waals surface area contributed by atoms with E-state index in [4.69, 9.17) is 11.6 Å². The predicted molar refractivity (Wildman–Crippen MR) is 61.5 cm³/mol. The van der Waals surface area contributed by atoms with Crippen LogP contribution in [0.25, 0.3) is 10.9 Å². The number of aromatic nitrogens is 1. The second-order valence-electron chi connectivity index (χ2n) is 3.56. The fraction of sp³-hybridized carbons (Fsp3) is 0.167. The number of benzene rings is 1. The van der Waals surface area contributed by atoms with E-state index < -0.39 is 0 Å². The lowest BCUT2D eigenvalue weighted by Gasteiger charge is -2.05. The molecule has 1 heterocycles. The number of nitrogens with zero attached hydrogens (tertiary/aromatic N) is 1. The summed E-state index contributed by atoms with van der Waals surface area (Å²) >= 11 is 5.97. The van der Waals surface area contributed by atoms with E-state index in [2.05, 4.69) is 4.98 Å². The maximum Gasteiger partial charge on any atom is 0.162 e. The highest BCUT2D eigenvalue weighted by atomic mass is 35.5. The van der Waals surface area contributed by atoms with Crippen LogP contribution in [0.1, 0.15) is 22.8 Å². The van der Waals surface area contributed by atoms with Crippen LogP contribution >= 0.6 is 11.6 Å². The van der Waals surface area contributed by atoms with E-state index in [1.54, 1.807) is 0 Å². The molecule has 2 nitrogen and oxygen atoms in total. The summed E-state index contributed by atoms with van der Waals surface area (Å²) in [5.41, 5.74) is 2.45. The number of pyridine rings is 1. The van der Waals surface area contributed by atoms with E-state index in [1.807, 2.05) is 25.1 Å². The number of hydrogen-bond donors (Lipinski definition) is 0. The van der Waals surface area contributed by atoms with E-state index in [-0.39, 0.29) is 5.78 Å². The van der Waals surface area contributed by atoms with Crippen LogP contribution in [0.3, 0.4) is 0 Å². The lowest BCUT2D eigenvalue weighted by molar-refractivity contribution is 0.101. The zero-order valence-corrected chi connectivity index (χ0v) is 9.30. The number of ketones is 1. The Kier molecular flexibility index (Phi) is 2.45. The van der Waals surface area contributed by atoms with Crippen LogP contribution in [-0.2, 0) is 0 Å². The van der Waals surface area contributed by atoms with Gasteiger partial charge in [0.05, 0.1) is 10.5 Å². The van der Waals surface area contributed by atoms with Gasteiger partial charge in [0.2, 0.25) is 0 Å². The number of aryl methyl sites for hydroxylation is 1. The van der Waals surface area contributed by atoms with Crippen molar-refractivity contribution in [2.75, 3.05) is 0 Å². The summed E-state index contributed by atoms with van der Waals surface area (Å²) in [5, 5.41) is 1.25. The van der Waals surface area contributed by atoms with Crippen LogP contribution in [0.5, 0.6) is 0 Å². The van der Waals surface area contributed by atoms with Gasteiger partial charge in [-0.1, -0.05) is 23.2 Å². The maximum absolute atomic E-state index is 11.5. The molecular formula is C12H10ClNO. The molecule has 0 N–H and O–H groups in total. The lowest BCUT2D eigenvalue weighted by Crippen LogP contribution is -1.97. The first-order valence-electron chi connectivity index (χ1n) is 4.65. The van der Waals surface area contributed by atoms with Gasteiger partial charge in [-0.05, 0) is 26.0 Å². The molecule has 0 aliphatic rings. The van der Waals surface area contributed by atoms with Crippen molar-refractivity contribution in [3.63, 3.8) is 0 Å². The summed E-state index contributed by atoms with van der Waals surface area (Å²) in [6.07, 6.45) is 1.52. The zero-order chi connectivity index (χ0) is 11.0. The van der Waals surface area contributed by atoms with Crippen LogP contribution in [0.2, 0.25) is 5.02 Å². The Morgan fingerprint density at radius 1 is 1.40 bits per heavy atom. The van der Waals surface area contributed by atoms with Gasteiger partial charge in [0, 0.05) is 17.1 Å². The highest BCUT2D eigenvalue weighted by molar-refractivity contribution is 6.35. The maximum atomic E-state index is 11.5. The summed E-state index contributed by atoms with van der Waals surface area (Å²) in [4.78, 5) is 15.7. The molecule has 76 valence electrons. The van der Waals surface area contributed by atoms with E-state index in [0.29, 0.717) is 10.6 Å². The molecule has 1 aromatic heterocycles. The highest BCUT2D eigenvalue weighted by Crippen LogP contribution is 2.25. The first-order chi connectivity index (χ1) is 7.09. The van der Waals surface area contributed by atoms with E-state index in [1.165, 1.54) is 13.1 Å². The third-order valence-corrected chi connectivity index (χ3v) is 2.62. The number of rotatable bonds is 1. The third kappa shape index (κ3) is 1.73. The number of hydrogen-bond acceptors (Lipinski definition) is 2.